The first-order valence-electron chi connectivity index (χ1n) is 11.3. The van der Waals surface area contributed by atoms with Crippen LogP contribution in [0.1, 0.15) is 24.7 Å². The van der Waals surface area contributed by atoms with Crippen molar-refractivity contribution in [2.45, 2.75) is 30.7 Å². The molecule has 1 aliphatic heterocycles. The fourth-order valence-corrected chi connectivity index (χ4v) is 5.34. The van der Waals surface area contributed by atoms with Crippen LogP contribution in [0.5, 0.6) is 5.75 Å². The van der Waals surface area contributed by atoms with Crippen molar-refractivity contribution in [2.24, 2.45) is 0 Å². The molecule has 1 aliphatic rings. The maximum absolute atomic E-state index is 13.6. The van der Waals surface area contributed by atoms with Crippen LogP contribution in [0.25, 0.3) is 16.6 Å². The smallest absolute Gasteiger partial charge is 0.264 e. The number of benzene rings is 2. The molecule has 0 bridgehead atoms. The third-order valence-electron chi connectivity index (χ3n) is 6.07. The lowest BCUT2D eigenvalue weighted by atomic mass is 10.1. The standard InChI is InChI=1S/C24H22N6O6S/c1-14-26-16-6-5-7-17(22(16)24(33)30(14)19-10-11-21(31)27-23(19)32)28-37(34,35)15-12-25-29(13-15)18-8-3-4-9-20(18)36-2/h3-9,12-13,19H,10-11H2,1-2H3,(H2-,27,28,31,32,33,34,35). The molecule has 2 aromatic heterocycles. The molecule has 37 heavy (non-hydrogen) atoms. The van der Waals surface area contributed by atoms with E-state index >= 15 is 0 Å². The normalized spacial score (nSPS) is 17.3. The van der Waals surface area contributed by atoms with Crippen molar-refractivity contribution in [3.05, 3.63) is 71.0 Å². The van der Waals surface area contributed by atoms with Gasteiger partial charge in [0, 0.05) is 6.42 Å². The van der Waals surface area contributed by atoms with Gasteiger partial charge < -0.3 is 9.29 Å². The molecule has 2 atom stereocenters. The number of piperidine rings is 1. The Morgan fingerprint density at radius 3 is 2.70 bits per heavy atom. The van der Waals surface area contributed by atoms with Gasteiger partial charge in [-0.15, -0.1) is 0 Å². The van der Waals surface area contributed by atoms with E-state index in [0.29, 0.717) is 11.4 Å². The van der Waals surface area contributed by atoms with Gasteiger partial charge in [-0.1, -0.05) is 22.4 Å². The van der Waals surface area contributed by atoms with Crippen LogP contribution in [-0.2, 0) is 24.2 Å². The molecule has 0 aliphatic carbocycles. The Bertz CT molecular complexity index is 1660. The Hall–Kier alpha value is -4.36. The summed E-state index contributed by atoms with van der Waals surface area (Å²) >= 11 is 0. The molecule has 4 aromatic rings. The number of amides is 2. The quantitative estimate of drug-likeness (QED) is 0.287. The van der Waals surface area contributed by atoms with Crippen LogP contribution in [0, 0.1) is 6.92 Å². The Kier molecular flexibility index (Phi) is 6.09. The predicted octanol–water partition coefficient (Wildman–Crippen LogP) is 1.89. The van der Waals surface area contributed by atoms with Crippen LogP contribution in [0.3, 0.4) is 0 Å². The first-order chi connectivity index (χ1) is 17.7. The van der Waals surface area contributed by atoms with E-state index in [1.54, 1.807) is 43.3 Å². The second kappa shape index (κ2) is 9.26. The molecular weight excluding hydrogens is 500 g/mol. The van der Waals surface area contributed by atoms with Gasteiger partial charge in [-0.3, -0.25) is 24.3 Å². The molecule has 1 fully saturated rings. The van der Waals surface area contributed by atoms with Crippen molar-refractivity contribution in [1.29, 1.82) is 0 Å². The molecule has 3 heterocycles. The van der Waals surface area contributed by atoms with E-state index in [0.717, 1.165) is 0 Å². The topological polar surface area (TPSA) is 160 Å². The van der Waals surface area contributed by atoms with Crippen molar-refractivity contribution < 1.29 is 23.1 Å². The zero-order chi connectivity index (χ0) is 26.3. The SMILES string of the molecule is COc1ccccc1-n1cc([S+](=O)([O-])Nc2cccc3nc(C)n(C4CCC(=O)NC4=O)c(=O)c23)cn1. The molecule has 2 aromatic carbocycles. The molecule has 2 amide bonds. The number of nitrogens with zero attached hydrogens (tertiary/aromatic N) is 4. The minimum absolute atomic E-state index is 0.00101. The van der Waals surface area contributed by atoms with E-state index in [1.807, 2.05) is 0 Å². The highest BCUT2D eigenvalue weighted by Crippen LogP contribution is 2.28. The molecule has 13 heteroatoms. The Balaban J connectivity index is 1.55. The summed E-state index contributed by atoms with van der Waals surface area (Å²) in [7, 11) is -2.67. The number of hydrogen-bond acceptors (Lipinski definition) is 8. The molecule has 2 N–H and O–H groups in total. The summed E-state index contributed by atoms with van der Waals surface area (Å²) in [5.74, 6) is -0.246. The summed E-state index contributed by atoms with van der Waals surface area (Å²) in [5, 5.41) is 6.38. The van der Waals surface area contributed by atoms with E-state index in [9.17, 15) is 23.1 Å². The van der Waals surface area contributed by atoms with Gasteiger partial charge in [0.1, 0.15) is 29.5 Å². The van der Waals surface area contributed by atoms with E-state index in [1.165, 1.54) is 34.8 Å². The highest BCUT2D eigenvalue weighted by atomic mass is 32.3. The van der Waals surface area contributed by atoms with Gasteiger partial charge in [0.15, 0.2) is 10.4 Å². The Labute approximate surface area is 211 Å². The number of anilines is 1. The maximum atomic E-state index is 13.6. The molecule has 190 valence electrons. The van der Waals surface area contributed by atoms with Gasteiger partial charge in [-0.2, -0.15) is 5.10 Å². The number of carbonyl (C=O) groups excluding carboxylic acids is 2. The minimum Gasteiger partial charge on any atom is -0.588 e. The van der Waals surface area contributed by atoms with Gasteiger partial charge in [0.25, 0.3) is 5.56 Å². The lowest BCUT2D eigenvalue weighted by Crippen LogP contribution is -2.45. The average Bonchev–Trinajstić information content (AvgIpc) is 3.36. The highest BCUT2D eigenvalue weighted by Gasteiger charge is 2.32. The van der Waals surface area contributed by atoms with Crippen LogP contribution in [0.15, 0.2) is 64.5 Å². The summed E-state index contributed by atoms with van der Waals surface area (Å²) in [6.07, 6.45) is 2.72. The van der Waals surface area contributed by atoms with Gasteiger partial charge >= 0.3 is 0 Å². The largest absolute Gasteiger partial charge is 0.588 e. The lowest BCUT2D eigenvalue weighted by molar-refractivity contribution is -0.135. The van der Waals surface area contributed by atoms with Crippen LogP contribution in [0.4, 0.5) is 5.69 Å². The zero-order valence-electron chi connectivity index (χ0n) is 19.8. The summed E-state index contributed by atoms with van der Waals surface area (Å²) in [6, 6.07) is 10.7. The molecular formula is C24H22N6O6S. The van der Waals surface area contributed by atoms with Crippen LogP contribution < -0.4 is 20.3 Å². The van der Waals surface area contributed by atoms with Crippen molar-refractivity contribution in [1.82, 2.24) is 24.6 Å². The average molecular weight is 523 g/mol. The number of para-hydroxylation sites is 2. The van der Waals surface area contributed by atoms with E-state index in [2.05, 4.69) is 20.1 Å². The van der Waals surface area contributed by atoms with Gasteiger partial charge in [-0.25, -0.2) is 14.4 Å². The molecule has 0 radical (unpaired) electrons. The second-order valence-corrected chi connectivity index (χ2v) is 10.1. The Morgan fingerprint density at radius 2 is 1.95 bits per heavy atom. The van der Waals surface area contributed by atoms with E-state index < -0.39 is 33.8 Å². The summed E-state index contributed by atoms with van der Waals surface area (Å²) in [4.78, 5) is 41.9. The van der Waals surface area contributed by atoms with Crippen molar-refractivity contribution in [3.8, 4) is 11.4 Å². The zero-order valence-corrected chi connectivity index (χ0v) is 20.7. The number of sulfonamides is 1. The molecule has 5 rings (SSSR count). The second-order valence-electron chi connectivity index (χ2n) is 8.40. The third-order valence-corrected chi connectivity index (χ3v) is 7.39. The number of rotatable bonds is 6. The summed E-state index contributed by atoms with van der Waals surface area (Å²) in [5.41, 5.74) is 0.209. The minimum atomic E-state index is -4.17. The van der Waals surface area contributed by atoms with Crippen molar-refractivity contribution in [3.63, 3.8) is 0 Å². The van der Waals surface area contributed by atoms with Gasteiger partial charge in [0.2, 0.25) is 16.7 Å². The van der Waals surface area contributed by atoms with Gasteiger partial charge in [-0.05, 0) is 37.6 Å². The number of methoxy groups -OCH3 is 1. The van der Waals surface area contributed by atoms with Crippen molar-refractivity contribution >= 4 is 38.8 Å². The van der Waals surface area contributed by atoms with Gasteiger partial charge in [0.05, 0.1) is 29.9 Å². The third kappa shape index (κ3) is 4.38. The number of aryl methyl sites for hydroxylation is 1. The molecule has 0 spiro atoms. The number of carbonyl (C=O) groups is 2. The molecule has 1 saturated heterocycles. The fraction of sp³-hybridized carbons (Fsp3) is 0.208. The fourth-order valence-electron chi connectivity index (χ4n) is 4.33. The molecule has 12 nitrogen and oxygen atoms in total. The predicted molar refractivity (Wildman–Crippen MR) is 133 cm³/mol. The maximum Gasteiger partial charge on any atom is 0.264 e. The number of nitrogens with one attached hydrogen (secondary N) is 2. The highest BCUT2D eigenvalue weighted by molar-refractivity contribution is 7.99. The van der Waals surface area contributed by atoms with Crippen LogP contribution >= 0.6 is 0 Å². The first-order valence-corrected chi connectivity index (χ1v) is 12.7. The molecule has 0 saturated carbocycles. The number of fused-ring (bicyclic) bond motifs is 1. The number of ether oxygens (including phenoxy) is 1. The monoisotopic (exact) mass is 522 g/mol. The summed E-state index contributed by atoms with van der Waals surface area (Å²) < 4.78 is 36.9. The van der Waals surface area contributed by atoms with Crippen molar-refractivity contribution in [2.75, 3.05) is 11.8 Å². The summed E-state index contributed by atoms with van der Waals surface area (Å²) in [6.45, 7) is 1.58. The lowest BCUT2D eigenvalue weighted by Gasteiger charge is -2.25. The number of imide groups is 1. The first kappa shape index (κ1) is 24.3. The van der Waals surface area contributed by atoms with Crippen LogP contribution in [0.2, 0.25) is 0 Å². The number of aromatic nitrogens is 4. The Morgan fingerprint density at radius 1 is 1.16 bits per heavy atom. The van der Waals surface area contributed by atoms with E-state index in [4.69, 9.17) is 4.74 Å². The van der Waals surface area contributed by atoms with Crippen LogP contribution in [-0.4, -0.2) is 42.8 Å². The molecule has 2 unspecified atom stereocenters. The van der Waals surface area contributed by atoms with E-state index in [-0.39, 0.29) is 40.2 Å². The number of hydrogen-bond donors (Lipinski definition) is 2.